The molecule has 29 heavy (non-hydrogen) atoms. The van der Waals surface area contributed by atoms with Crippen molar-refractivity contribution in [3.8, 4) is 5.69 Å². The molecule has 0 radical (unpaired) electrons. The molecule has 0 bridgehead atoms. The van der Waals surface area contributed by atoms with Gasteiger partial charge in [0, 0.05) is 23.3 Å². The summed E-state index contributed by atoms with van der Waals surface area (Å²) < 4.78 is 1.79. The normalized spacial score (nSPS) is 13.3. The van der Waals surface area contributed by atoms with E-state index in [0.29, 0.717) is 5.82 Å². The van der Waals surface area contributed by atoms with Crippen LogP contribution in [0.25, 0.3) is 16.6 Å². The highest BCUT2D eigenvalue weighted by molar-refractivity contribution is 5.90. The average Bonchev–Trinajstić information content (AvgIpc) is 3.15. The fourth-order valence-electron chi connectivity index (χ4n) is 3.38. The minimum absolute atomic E-state index is 0.270. The first-order chi connectivity index (χ1) is 14.2. The smallest absolute Gasteiger partial charge is 0.308 e. The van der Waals surface area contributed by atoms with Crippen LogP contribution in [-0.4, -0.2) is 20.8 Å². The topological polar surface area (TPSA) is 71.8 Å². The number of hydrogen-bond acceptors (Lipinski definition) is 3. The highest BCUT2D eigenvalue weighted by atomic mass is 16.2. The van der Waals surface area contributed by atoms with E-state index in [9.17, 15) is 4.79 Å². The van der Waals surface area contributed by atoms with E-state index in [-0.39, 0.29) is 6.03 Å². The van der Waals surface area contributed by atoms with Crippen molar-refractivity contribution in [3.63, 3.8) is 0 Å². The third kappa shape index (κ3) is 4.54. The number of anilines is 1. The van der Waals surface area contributed by atoms with Crippen molar-refractivity contribution >= 4 is 22.8 Å². The number of amides is 2. The van der Waals surface area contributed by atoms with Gasteiger partial charge in [-0.3, -0.25) is 10.3 Å². The summed E-state index contributed by atoms with van der Waals surface area (Å²) >= 11 is 0. The maximum atomic E-state index is 12.6. The van der Waals surface area contributed by atoms with Gasteiger partial charge in [-0.1, -0.05) is 31.6 Å². The zero-order chi connectivity index (χ0) is 20.1. The summed E-state index contributed by atoms with van der Waals surface area (Å²) in [6.45, 7) is 2.16. The number of carbonyl (C=O) groups is 1. The van der Waals surface area contributed by atoms with E-state index in [2.05, 4.69) is 28.6 Å². The number of hydrogen-bond donors (Lipinski definition) is 2. The number of rotatable bonds is 6. The van der Waals surface area contributed by atoms with Gasteiger partial charge < -0.3 is 5.32 Å². The lowest BCUT2D eigenvalue weighted by Gasteiger charge is -2.12. The zero-order valence-electron chi connectivity index (χ0n) is 16.6. The van der Waals surface area contributed by atoms with Crippen LogP contribution >= 0.6 is 0 Å². The highest BCUT2D eigenvalue weighted by Gasteiger charge is 2.14. The lowest BCUT2D eigenvalue weighted by Crippen LogP contribution is -2.28. The molecule has 6 nitrogen and oxygen atoms in total. The van der Waals surface area contributed by atoms with Gasteiger partial charge in [0.15, 0.2) is 0 Å². The van der Waals surface area contributed by atoms with Crippen LogP contribution in [0.4, 0.5) is 10.6 Å². The van der Waals surface area contributed by atoms with Gasteiger partial charge in [-0.2, -0.15) is 5.10 Å². The number of fused-ring (bicyclic) bond motifs is 1. The van der Waals surface area contributed by atoms with Gasteiger partial charge in [-0.25, -0.2) is 9.48 Å². The van der Waals surface area contributed by atoms with E-state index in [0.717, 1.165) is 60.1 Å². The van der Waals surface area contributed by atoms with Gasteiger partial charge in [0.05, 0.1) is 16.9 Å². The monoisotopic (exact) mass is 387 g/mol. The maximum absolute atomic E-state index is 12.6. The molecule has 0 aliphatic heterocycles. The molecular formula is C23H25N5O. The summed E-state index contributed by atoms with van der Waals surface area (Å²) in [6, 6.07) is 11.6. The molecule has 6 heteroatoms. The number of nitrogens with one attached hydrogen (secondary N) is 2. The van der Waals surface area contributed by atoms with Crippen LogP contribution in [0, 0.1) is 0 Å². The minimum Gasteiger partial charge on any atom is -0.308 e. The molecule has 0 spiro atoms. The highest BCUT2D eigenvalue weighted by Crippen LogP contribution is 2.22. The molecule has 0 atom stereocenters. The van der Waals surface area contributed by atoms with E-state index in [1.54, 1.807) is 10.9 Å². The summed E-state index contributed by atoms with van der Waals surface area (Å²) in [5.74, 6) is 0.650. The van der Waals surface area contributed by atoms with Crippen LogP contribution in [0.5, 0.6) is 0 Å². The molecule has 0 unspecified atom stereocenters. The second kappa shape index (κ2) is 8.73. The number of carbonyl (C=O) groups excluding carboxylic acids is 1. The molecular weight excluding hydrogens is 362 g/mol. The van der Waals surface area contributed by atoms with Crippen LogP contribution in [0.1, 0.15) is 38.3 Å². The number of aryl methyl sites for hydroxylation is 1. The van der Waals surface area contributed by atoms with Gasteiger partial charge in [-0.15, -0.1) is 0 Å². The number of unbranched alkanes of at least 4 members (excludes halogenated alkanes) is 1. The Morgan fingerprint density at radius 2 is 2.10 bits per heavy atom. The Labute approximate surface area is 170 Å². The number of pyridine rings is 1. The number of allylic oxidation sites excluding steroid dienone is 3. The van der Waals surface area contributed by atoms with Crippen LogP contribution in [0.3, 0.4) is 0 Å². The lowest BCUT2D eigenvalue weighted by atomic mass is 10.1. The predicted octanol–water partition coefficient (Wildman–Crippen LogP) is 5.12. The summed E-state index contributed by atoms with van der Waals surface area (Å²) in [7, 11) is 0. The van der Waals surface area contributed by atoms with Gasteiger partial charge in [0.1, 0.15) is 5.82 Å². The molecule has 148 valence electrons. The van der Waals surface area contributed by atoms with Gasteiger partial charge in [0.25, 0.3) is 0 Å². The van der Waals surface area contributed by atoms with E-state index in [1.807, 2.05) is 48.6 Å². The molecule has 0 saturated carbocycles. The van der Waals surface area contributed by atoms with Crippen LogP contribution in [0.15, 0.2) is 66.5 Å². The van der Waals surface area contributed by atoms with Crippen molar-refractivity contribution in [3.05, 3.63) is 72.2 Å². The number of aromatic nitrogens is 3. The average molecular weight is 387 g/mol. The van der Waals surface area contributed by atoms with Gasteiger partial charge in [-0.05, 0) is 56.0 Å². The maximum Gasteiger partial charge on any atom is 0.324 e. The van der Waals surface area contributed by atoms with Crippen molar-refractivity contribution in [2.75, 3.05) is 5.32 Å². The summed E-state index contributed by atoms with van der Waals surface area (Å²) in [6.07, 6.45) is 12.8. The molecule has 2 heterocycles. The van der Waals surface area contributed by atoms with Crippen molar-refractivity contribution in [2.24, 2.45) is 0 Å². The molecule has 2 amide bonds. The fourth-order valence-corrected chi connectivity index (χ4v) is 3.38. The summed E-state index contributed by atoms with van der Waals surface area (Å²) in [4.78, 5) is 16.9. The van der Waals surface area contributed by atoms with Crippen molar-refractivity contribution < 1.29 is 4.79 Å². The first-order valence-corrected chi connectivity index (χ1v) is 10.1. The van der Waals surface area contributed by atoms with Gasteiger partial charge in [0.2, 0.25) is 0 Å². The minimum atomic E-state index is -0.270. The van der Waals surface area contributed by atoms with E-state index in [1.165, 1.54) is 0 Å². The predicted molar refractivity (Wildman–Crippen MR) is 116 cm³/mol. The first kappa shape index (κ1) is 18.9. The first-order valence-electron chi connectivity index (χ1n) is 10.1. The molecule has 1 aliphatic rings. The van der Waals surface area contributed by atoms with Crippen molar-refractivity contribution in [2.45, 2.75) is 39.0 Å². The molecule has 2 N–H and O–H groups in total. The van der Waals surface area contributed by atoms with Gasteiger partial charge >= 0.3 is 6.03 Å². The van der Waals surface area contributed by atoms with E-state index >= 15 is 0 Å². The fraction of sp³-hybridized carbons (Fsp3) is 0.261. The third-order valence-electron chi connectivity index (χ3n) is 4.87. The Morgan fingerprint density at radius 3 is 2.93 bits per heavy atom. The Bertz CT molecular complexity index is 1080. The van der Waals surface area contributed by atoms with Crippen LogP contribution in [0.2, 0.25) is 0 Å². The number of benzene rings is 1. The van der Waals surface area contributed by atoms with Crippen LogP contribution < -0.4 is 10.6 Å². The Kier molecular flexibility index (Phi) is 5.70. The zero-order valence-corrected chi connectivity index (χ0v) is 16.6. The quantitative estimate of drug-likeness (QED) is 0.617. The SMILES string of the molecule is CCCCc1cc(NC(=O)NC2=CCCC=C2)n(-c2ccc3ncccc3c2)n1. The third-order valence-corrected chi connectivity index (χ3v) is 4.87. The van der Waals surface area contributed by atoms with E-state index in [4.69, 9.17) is 5.10 Å². The number of urea groups is 1. The summed E-state index contributed by atoms with van der Waals surface area (Å²) in [5.41, 5.74) is 3.60. The largest absolute Gasteiger partial charge is 0.324 e. The second-order valence-corrected chi connectivity index (χ2v) is 7.13. The Balaban J connectivity index is 1.62. The Hall–Kier alpha value is -3.41. The molecule has 1 aliphatic carbocycles. The van der Waals surface area contributed by atoms with Crippen molar-refractivity contribution in [1.29, 1.82) is 0 Å². The lowest BCUT2D eigenvalue weighted by molar-refractivity contribution is 0.254. The van der Waals surface area contributed by atoms with Crippen molar-refractivity contribution in [1.82, 2.24) is 20.1 Å². The molecule has 4 rings (SSSR count). The Morgan fingerprint density at radius 1 is 1.17 bits per heavy atom. The standard InChI is InChI=1S/C23H25N5O/c1-2-3-9-19-16-22(26-23(29)25-18-10-5-4-6-11-18)28(27-19)20-12-13-21-17(15-20)8-7-14-24-21/h5,7-8,10-16H,2-4,6,9H2,1H3,(H2,25,26,29). The van der Waals surface area contributed by atoms with E-state index < -0.39 is 0 Å². The molecule has 0 saturated heterocycles. The number of nitrogens with zero attached hydrogens (tertiary/aromatic N) is 3. The molecule has 0 fully saturated rings. The summed E-state index contributed by atoms with van der Waals surface area (Å²) in [5, 5.41) is 11.6. The molecule has 3 aromatic rings. The molecule has 2 aromatic heterocycles. The molecule has 1 aromatic carbocycles. The van der Waals surface area contributed by atoms with Crippen LogP contribution in [-0.2, 0) is 6.42 Å². The second-order valence-electron chi connectivity index (χ2n) is 7.13.